The Kier molecular flexibility index (Phi) is 9.40. The van der Waals surface area contributed by atoms with E-state index in [-0.39, 0.29) is 25.7 Å². The van der Waals surface area contributed by atoms with E-state index < -0.39 is 30.6 Å². The lowest BCUT2D eigenvalue weighted by atomic mass is 9.96. The van der Waals surface area contributed by atoms with Crippen LogP contribution in [-0.2, 0) is 37.0 Å². The Labute approximate surface area is 188 Å². The third-order valence-corrected chi connectivity index (χ3v) is 5.10. The van der Waals surface area contributed by atoms with Gasteiger partial charge in [0.1, 0.15) is 24.4 Å². The highest BCUT2D eigenvalue weighted by Gasteiger charge is 2.47. The summed E-state index contributed by atoms with van der Waals surface area (Å²) in [4.78, 5) is 11.9. The predicted octanol–water partition coefficient (Wildman–Crippen LogP) is 2.58. The summed E-state index contributed by atoms with van der Waals surface area (Å²) >= 11 is 0. The summed E-state index contributed by atoms with van der Waals surface area (Å²) in [5, 5.41) is 13.9. The van der Waals surface area contributed by atoms with Crippen molar-refractivity contribution >= 4 is 5.91 Å². The second kappa shape index (κ2) is 12.5. The zero-order valence-electron chi connectivity index (χ0n) is 18.3. The number of carbonyl (C=O) groups is 1. The highest BCUT2D eigenvalue weighted by molar-refractivity contribution is 5.73. The van der Waals surface area contributed by atoms with Crippen molar-refractivity contribution < 1.29 is 28.8 Å². The summed E-state index contributed by atoms with van der Waals surface area (Å²) in [6, 6.07) is 18.7. The number of benzene rings is 2. The Bertz CT molecular complexity index is 831. The molecule has 2 aromatic rings. The number of aliphatic hydroxyl groups excluding tert-OH is 1. The summed E-state index contributed by atoms with van der Waals surface area (Å²) in [5.41, 5.74) is 1.97. The zero-order chi connectivity index (χ0) is 22.8. The largest absolute Gasteiger partial charge is 0.388 e. The first-order chi connectivity index (χ1) is 15.6. The fourth-order valence-electron chi connectivity index (χ4n) is 3.58. The summed E-state index contributed by atoms with van der Waals surface area (Å²) in [5.74, 6) is -0.273. The van der Waals surface area contributed by atoms with Gasteiger partial charge in [-0.25, -0.2) is 0 Å². The Morgan fingerprint density at radius 2 is 1.69 bits per heavy atom. The summed E-state index contributed by atoms with van der Waals surface area (Å²) in [6.07, 6.45) is -1.71. The quantitative estimate of drug-likeness (QED) is 0.522. The summed E-state index contributed by atoms with van der Waals surface area (Å²) < 4.78 is 23.7. The number of hydrogen-bond acceptors (Lipinski definition) is 6. The molecule has 1 heterocycles. The van der Waals surface area contributed by atoms with Gasteiger partial charge in [0.25, 0.3) is 0 Å². The average molecular weight is 442 g/mol. The predicted molar refractivity (Wildman–Crippen MR) is 120 cm³/mol. The number of hydrogen-bond donors (Lipinski definition) is 2. The van der Waals surface area contributed by atoms with Gasteiger partial charge in [-0.2, -0.15) is 0 Å². The van der Waals surface area contributed by atoms with E-state index in [1.165, 1.54) is 6.92 Å². The van der Waals surface area contributed by atoms with Crippen molar-refractivity contribution in [2.24, 2.45) is 0 Å². The molecule has 0 aromatic heterocycles. The minimum atomic E-state index is -1.03. The van der Waals surface area contributed by atoms with Gasteiger partial charge >= 0.3 is 0 Å². The van der Waals surface area contributed by atoms with Crippen LogP contribution in [0.1, 0.15) is 18.1 Å². The van der Waals surface area contributed by atoms with E-state index in [1.807, 2.05) is 60.7 Å². The maximum absolute atomic E-state index is 11.9. The molecule has 7 heteroatoms. The van der Waals surface area contributed by atoms with E-state index in [4.69, 9.17) is 18.9 Å². The van der Waals surface area contributed by atoms with Crippen molar-refractivity contribution in [2.75, 3.05) is 13.2 Å². The summed E-state index contributed by atoms with van der Waals surface area (Å²) in [7, 11) is 0. The molecule has 2 aromatic carbocycles. The first-order valence-electron chi connectivity index (χ1n) is 10.7. The van der Waals surface area contributed by atoms with E-state index in [0.29, 0.717) is 6.61 Å². The molecule has 0 bridgehead atoms. The first kappa shape index (κ1) is 24.1. The molecule has 2 N–H and O–H groups in total. The minimum absolute atomic E-state index is 0.141. The van der Waals surface area contributed by atoms with Crippen LogP contribution in [0, 0.1) is 0 Å². The Morgan fingerprint density at radius 1 is 1.06 bits per heavy atom. The summed E-state index contributed by atoms with van der Waals surface area (Å²) in [6.45, 7) is 6.09. The SMILES string of the molecule is C=CCO[C@@H]1OC(COCc2ccccc2)[C@@H](O)[C@H](OCc2ccccc2)C1NC(C)=O. The molecule has 3 rings (SSSR count). The van der Waals surface area contributed by atoms with Crippen LogP contribution >= 0.6 is 0 Å². The number of aliphatic hydroxyl groups is 1. The fraction of sp³-hybridized carbons (Fsp3) is 0.400. The normalized spacial score (nSPS) is 25.2. The number of carbonyl (C=O) groups excluding carboxylic acids is 1. The van der Waals surface area contributed by atoms with Crippen LogP contribution in [0.15, 0.2) is 73.3 Å². The molecule has 0 radical (unpaired) electrons. The van der Waals surface area contributed by atoms with Crippen molar-refractivity contribution in [3.63, 3.8) is 0 Å². The smallest absolute Gasteiger partial charge is 0.217 e. The van der Waals surface area contributed by atoms with E-state index in [1.54, 1.807) is 6.08 Å². The van der Waals surface area contributed by atoms with Crippen LogP contribution in [-0.4, -0.2) is 54.9 Å². The van der Waals surface area contributed by atoms with Crippen LogP contribution in [0.2, 0.25) is 0 Å². The molecule has 0 saturated carbocycles. The average Bonchev–Trinajstić information content (AvgIpc) is 2.80. The van der Waals surface area contributed by atoms with Gasteiger partial charge in [-0.1, -0.05) is 66.7 Å². The van der Waals surface area contributed by atoms with Crippen molar-refractivity contribution in [1.82, 2.24) is 5.32 Å². The maximum Gasteiger partial charge on any atom is 0.217 e. The lowest BCUT2D eigenvalue weighted by molar-refractivity contribution is -0.278. The van der Waals surface area contributed by atoms with Crippen LogP contribution in [0.5, 0.6) is 0 Å². The van der Waals surface area contributed by atoms with Crippen molar-refractivity contribution in [2.45, 2.75) is 50.8 Å². The van der Waals surface area contributed by atoms with Crippen molar-refractivity contribution in [3.8, 4) is 0 Å². The highest BCUT2D eigenvalue weighted by atomic mass is 16.7. The standard InChI is InChI=1S/C25H31NO6/c1-3-14-30-25-22(26-18(2)27)24(31-16-20-12-8-5-9-13-20)23(28)21(32-25)17-29-15-19-10-6-4-7-11-19/h3-13,21-25,28H,1,14-17H2,2H3,(H,26,27)/t21?,22?,23-,24-,25-/m1/s1. The van der Waals surface area contributed by atoms with Gasteiger partial charge in [0.2, 0.25) is 5.91 Å². The van der Waals surface area contributed by atoms with Gasteiger partial charge in [-0.15, -0.1) is 6.58 Å². The van der Waals surface area contributed by atoms with Gasteiger partial charge < -0.3 is 29.4 Å². The molecule has 1 aliphatic heterocycles. The number of rotatable bonds is 11. The molecule has 1 saturated heterocycles. The molecule has 172 valence electrons. The Hall–Kier alpha value is -2.55. The number of amides is 1. The lowest BCUT2D eigenvalue weighted by Gasteiger charge is -2.44. The van der Waals surface area contributed by atoms with Gasteiger partial charge in [-0.3, -0.25) is 4.79 Å². The molecule has 5 atom stereocenters. The third kappa shape index (κ3) is 6.98. The molecule has 0 aliphatic carbocycles. The lowest BCUT2D eigenvalue weighted by Crippen LogP contribution is -2.65. The van der Waals surface area contributed by atoms with E-state index in [0.717, 1.165) is 11.1 Å². The number of nitrogens with one attached hydrogen (secondary N) is 1. The molecule has 2 unspecified atom stereocenters. The van der Waals surface area contributed by atoms with Crippen molar-refractivity contribution in [3.05, 3.63) is 84.4 Å². The number of ether oxygens (including phenoxy) is 4. The molecule has 0 spiro atoms. The van der Waals surface area contributed by atoms with E-state index in [9.17, 15) is 9.90 Å². The Morgan fingerprint density at radius 3 is 2.28 bits per heavy atom. The minimum Gasteiger partial charge on any atom is -0.388 e. The van der Waals surface area contributed by atoms with Crippen LogP contribution in [0.25, 0.3) is 0 Å². The van der Waals surface area contributed by atoms with E-state index >= 15 is 0 Å². The van der Waals surface area contributed by atoms with Crippen LogP contribution in [0.4, 0.5) is 0 Å². The molecule has 1 aliphatic rings. The zero-order valence-corrected chi connectivity index (χ0v) is 18.3. The monoisotopic (exact) mass is 441 g/mol. The fourth-order valence-corrected chi connectivity index (χ4v) is 3.58. The van der Waals surface area contributed by atoms with E-state index in [2.05, 4.69) is 11.9 Å². The topological polar surface area (TPSA) is 86.2 Å². The second-order valence-corrected chi connectivity index (χ2v) is 7.64. The molecular weight excluding hydrogens is 410 g/mol. The molecule has 1 amide bonds. The van der Waals surface area contributed by atoms with Crippen LogP contribution in [0.3, 0.4) is 0 Å². The molecule has 7 nitrogen and oxygen atoms in total. The Balaban J connectivity index is 1.72. The second-order valence-electron chi connectivity index (χ2n) is 7.64. The van der Waals surface area contributed by atoms with Crippen LogP contribution < -0.4 is 5.32 Å². The maximum atomic E-state index is 11.9. The van der Waals surface area contributed by atoms with Crippen molar-refractivity contribution in [1.29, 1.82) is 0 Å². The van der Waals surface area contributed by atoms with Gasteiger partial charge in [0, 0.05) is 6.92 Å². The van der Waals surface area contributed by atoms with Gasteiger partial charge in [0.15, 0.2) is 6.29 Å². The first-order valence-corrected chi connectivity index (χ1v) is 10.7. The molecule has 32 heavy (non-hydrogen) atoms. The highest BCUT2D eigenvalue weighted by Crippen LogP contribution is 2.26. The van der Waals surface area contributed by atoms with Gasteiger partial charge in [-0.05, 0) is 11.1 Å². The third-order valence-electron chi connectivity index (χ3n) is 5.10. The molecule has 1 fully saturated rings. The van der Waals surface area contributed by atoms with Gasteiger partial charge in [0.05, 0.1) is 26.4 Å². The molecular formula is C25H31NO6.